The van der Waals surface area contributed by atoms with Crippen LogP contribution in [-0.2, 0) is 16.4 Å². The molecular formula is C18H15N5O3S. The molecule has 0 bridgehead atoms. The van der Waals surface area contributed by atoms with Gasteiger partial charge in [-0.3, -0.25) is 9.89 Å². The average Bonchev–Trinajstić information content (AvgIpc) is 3.17. The van der Waals surface area contributed by atoms with Crippen molar-refractivity contribution < 1.29 is 8.42 Å². The monoisotopic (exact) mass is 381 g/mol. The zero-order valence-corrected chi connectivity index (χ0v) is 15.1. The lowest BCUT2D eigenvalue weighted by molar-refractivity contribution is 0.592. The molecule has 9 heteroatoms. The summed E-state index contributed by atoms with van der Waals surface area (Å²) in [7, 11) is -3.77. The van der Waals surface area contributed by atoms with Gasteiger partial charge in [-0.25, -0.2) is 18.1 Å². The second kappa shape index (κ2) is 6.44. The molecule has 136 valence electrons. The second-order valence-electron chi connectivity index (χ2n) is 6.10. The molecule has 8 nitrogen and oxygen atoms in total. The predicted octanol–water partition coefficient (Wildman–Crippen LogP) is 1.70. The molecule has 0 atom stereocenters. The summed E-state index contributed by atoms with van der Waals surface area (Å²) >= 11 is 0. The van der Waals surface area contributed by atoms with Crippen LogP contribution in [0.25, 0.3) is 10.8 Å². The van der Waals surface area contributed by atoms with Crippen LogP contribution < -0.4 is 5.56 Å². The second-order valence-corrected chi connectivity index (χ2v) is 8.00. The number of aromatic nitrogens is 5. The molecule has 0 unspecified atom stereocenters. The summed E-state index contributed by atoms with van der Waals surface area (Å²) in [6.45, 7) is 2.06. The van der Waals surface area contributed by atoms with Crippen molar-refractivity contribution in [1.29, 1.82) is 0 Å². The van der Waals surface area contributed by atoms with E-state index in [-0.39, 0.29) is 22.0 Å². The maximum atomic E-state index is 12.8. The summed E-state index contributed by atoms with van der Waals surface area (Å²) in [6.07, 6.45) is 4.64. The van der Waals surface area contributed by atoms with E-state index in [0.717, 1.165) is 5.56 Å². The first-order valence-electron chi connectivity index (χ1n) is 8.11. The van der Waals surface area contributed by atoms with Gasteiger partial charge in [-0.15, -0.1) is 0 Å². The van der Waals surface area contributed by atoms with E-state index in [2.05, 4.69) is 20.3 Å². The molecule has 0 fully saturated rings. The Balaban J connectivity index is 1.77. The highest BCUT2D eigenvalue weighted by Gasteiger charge is 2.20. The lowest BCUT2D eigenvalue weighted by atomic mass is 10.2. The van der Waals surface area contributed by atoms with Crippen molar-refractivity contribution in [3.05, 3.63) is 76.6 Å². The van der Waals surface area contributed by atoms with Crippen LogP contribution in [0.2, 0.25) is 0 Å². The molecule has 1 aromatic carbocycles. The Morgan fingerprint density at radius 1 is 1.11 bits per heavy atom. The molecule has 0 aliphatic heterocycles. The van der Waals surface area contributed by atoms with Crippen LogP contribution in [0.15, 0.2) is 69.7 Å². The van der Waals surface area contributed by atoms with Crippen LogP contribution in [0.3, 0.4) is 0 Å². The number of rotatable bonds is 4. The van der Waals surface area contributed by atoms with Crippen molar-refractivity contribution in [2.75, 3.05) is 0 Å². The first kappa shape index (κ1) is 17.1. The molecule has 0 radical (unpaired) electrons. The topological polar surface area (TPSA) is 111 Å². The Morgan fingerprint density at radius 3 is 2.67 bits per heavy atom. The minimum atomic E-state index is -3.77. The summed E-state index contributed by atoms with van der Waals surface area (Å²) in [5.41, 5.74) is 1.23. The molecule has 3 aromatic heterocycles. The molecule has 0 amide bonds. The Morgan fingerprint density at radius 2 is 1.96 bits per heavy atom. The number of H-pyrrole nitrogens is 1. The number of benzene rings is 1. The highest BCUT2D eigenvalue weighted by atomic mass is 32.2. The van der Waals surface area contributed by atoms with Gasteiger partial charge >= 0.3 is 0 Å². The van der Waals surface area contributed by atoms with Crippen LogP contribution in [0.5, 0.6) is 0 Å². The van der Waals surface area contributed by atoms with E-state index >= 15 is 0 Å². The molecule has 27 heavy (non-hydrogen) atoms. The van der Waals surface area contributed by atoms with Crippen molar-refractivity contribution in [2.24, 2.45) is 0 Å². The number of aryl methyl sites for hydroxylation is 1. The van der Waals surface area contributed by atoms with Crippen LogP contribution in [0, 0.1) is 6.92 Å². The number of hydrogen-bond acceptors (Lipinski definition) is 6. The summed E-state index contributed by atoms with van der Waals surface area (Å²) in [5.74, 6) is 0. The number of nitrogens with zero attached hydrogens (tertiary/aromatic N) is 4. The van der Waals surface area contributed by atoms with Gasteiger partial charge in [0.05, 0.1) is 28.7 Å². The number of aromatic amines is 1. The fourth-order valence-electron chi connectivity index (χ4n) is 2.71. The van der Waals surface area contributed by atoms with Crippen LogP contribution in [-0.4, -0.2) is 33.4 Å². The van der Waals surface area contributed by atoms with Gasteiger partial charge in [0.15, 0.2) is 5.03 Å². The quantitative estimate of drug-likeness (QED) is 0.576. The third-order valence-electron chi connectivity index (χ3n) is 4.16. The van der Waals surface area contributed by atoms with E-state index in [4.69, 9.17) is 0 Å². The lowest BCUT2D eigenvalue weighted by Gasteiger charge is -2.07. The molecule has 0 saturated heterocycles. The maximum Gasteiger partial charge on any atom is 0.274 e. The van der Waals surface area contributed by atoms with E-state index in [1.807, 2.05) is 6.92 Å². The largest absolute Gasteiger partial charge is 0.285 e. The standard InChI is InChI=1S/C18H15N5O3S/c1-12-2-5-17(19-9-12)27(25,26)15-3-4-16-13(8-15)10-21-23(18(16)24)11-14-6-7-20-22-14/h2-10H,11H2,1H3,(H,20,22). The number of nitrogens with one attached hydrogen (secondary N) is 1. The number of hydrogen-bond donors (Lipinski definition) is 1. The fraction of sp³-hybridized carbons (Fsp3) is 0.111. The fourth-order valence-corrected chi connectivity index (χ4v) is 3.92. The zero-order chi connectivity index (χ0) is 19.0. The molecule has 3 heterocycles. The minimum Gasteiger partial charge on any atom is -0.285 e. The Kier molecular flexibility index (Phi) is 4.08. The average molecular weight is 381 g/mol. The molecule has 4 rings (SSSR count). The normalized spacial score (nSPS) is 11.7. The smallest absolute Gasteiger partial charge is 0.274 e. The molecule has 4 aromatic rings. The summed E-state index contributed by atoms with van der Waals surface area (Å²) < 4.78 is 26.8. The van der Waals surface area contributed by atoms with Gasteiger partial charge < -0.3 is 0 Å². The molecule has 0 aliphatic carbocycles. The predicted molar refractivity (Wildman–Crippen MR) is 98.1 cm³/mol. The SMILES string of the molecule is Cc1ccc(S(=O)(=O)c2ccc3c(=O)n(Cc4cc[nH]n4)ncc3c2)nc1. The Labute approximate surface area is 154 Å². The number of pyridine rings is 1. The van der Waals surface area contributed by atoms with Crippen molar-refractivity contribution in [3.63, 3.8) is 0 Å². The molecular weight excluding hydrogens is 366 g/mol. The molecule has 0 spiro atoms. The van der Waals surface area contributed by atoms with E-state index in [9.17, 15) is 13.2 Å². The van der Waals surface area contributed by atoms with Crippen molar-refractivity contribution in [1.82, 2.24) is 25.0 Å². The van der Waals surface area contributed by atoms with Crippen LogP contribution in [0.1, 0.15) is 11.3 Å². The van der Waals surface area contributed by atoms with Gasteiger partial charge in [0, 0.05) is 17.8 Å². The summed E-state index contributed by atoms with van der Waals surface area (Å²) in [5, 5.41) is 11.6. The Bertz CT molecular complexity index is 1280. The van der Waals surface area contributed by atoms with E-state index in [1.54, 1.807) is 18.3 Å². The highest BCUT2D eigenvalue weighted by molar-refractivity contribution is 7.91. The third-order valence-corrected chi connectivity index (χ3v) is 5.83. The van der Waals surface area contributed by atoms with Crippen molar-refractivity contribution >= 4 is 20.6 Å². The van der Waals surface area contributed by atoms with Gasteiger partial charge in [0.2, 0.25) is 9.84 Å². The van der Waals surface area contributed by atoms with E-state index in [0.29, 0.717) is 16.5 Å². The molecule has 0 aliphatic rings. The minimum absolute atomic E-state index is 0.0349. The van der Waals surface area contributed by atoms with Gasteiger partial charge in [-0.05, 0) is 42.8 Å². The van der Waals surface area contributed by atoms with Gasteiger partial charge in [-0.2, -0.15) is 10.2 Å². The van der Waals surface area contributed by atoms with Gasteiger partial charge in [0.25, 0.3) is 5.56 Å². The summed E-state index contributed by atoms with van der Waals surface area (Å²) in [6, 6.07) is 9.27. The van der Waals surface area contributed by atoms with E-state index in [1.165, 1.54) is 41.3 Å². The number of fused-ring (bicyclic) bond motifs is 1. The van der Waals surface area contributed by atoms with Gasteiger partial charge in [0.1, 0.15) is 0 Å². The lowest BCUT2D eigenvalue weighted by Crippen LogP contribution is -2.23. The maximum absolute atomic E-state index is 12.8. The molecule has 1 N–H and O–H groups in total. The van der Waals surface area contributed by atoms with Gasteiger partial charge in [-0.1, -0.05) is 6.07 Å². The third kappa shape index (κ3) is 3.13. The zero-order valence-electron chi connectivity index (χ0n) is 14.3. The first-order chi connectivity index (χ1) is 12.9. The van der Waals surface area contributed by atoms with Crippen LogP contribution in [0.4, 0.5) is 0 Å². The molecule has 0 saturated carbocycles. The Hall–Kier alpha value is -3.33. The van der Waals surface area contributed by atoms with Crippen molar-refractivity contribution in [3.8, 4) is 0 Å². The number of sulfone groups is 1. The van der Waals surface area contributed by atoms with E-state index < -0.39 is 9.84 Å². The highest BCUT2D eigenvalue weighted by Crippen LogP contribution is 2.22. The first-order valence-corrected chi connectivity index (χ1v) is 9.60. The van der Waals surface area contributed by atoms with Crippen molar-refractivity contribution in [2.45, 2.75) is 23.4 Å². The van der Waals surface area contributed by atoms with Crippen LogP contribution >= 0.6 is 0 Å². The summed E-state index contributed by atoms with van der Waals surface area (Å²) in [4.78, 5) is 16.7.